The summed E-state index contributed by atoms with van der Waals surface area (Å²) in [5.74, 6) is -0.244. The molecule has 4 aromatic rings. The number of thiazole rings is 1. The molecule has 0 amide bonds. The number of aryl methyl sites for hydroxylation is 1. The van der Waals surface area contributed by atoms with E-state index in [4.69, 9.17) is 11.6 Å². The molecule has 0 aliphatic heterocycles. The highest BCUT2D eigenvalue weighted by molar-refractivity contribution is 7.19. The van der Waals surface area contributed by atoms with E-state index >= 15 is 0 Å². The van der Waals surface area contributed by atoms with Gasteiger partial charge in [0, 0.05) is 22.3 Å². The molecule has 2 aromatic carbocycles. The molecule has 0 unspecified atom stereocenters. The zero-order valence-corrected chi connectivity index (χ0v) is 15.3. The van der Waals surface area contributed by atoms with E-state index in [9.17, 15) is 9.59 Å². The van der Waals surface area contributed by atoms with Crippen molar-refractivity contribution < 1.29 is 9.59 Å². The van der Waals surface area contributed by atoms with Crippen molar-refractivity contribution in [3.05, 3.63) is 93.2 Å². The number of carbonyl (C=O) groups excluding carboxylic acids is 2. The second kappa shape index (κ2) is 6.52. The predicted octanol–water partition coefficient (Wildman–Crippen LogP) is 4.82. The largest absolute Gasteiger partial charge is 0.288 e. The molecule has 0 spiro atoms. The van der Waals surface area contributed by atoms with E-state index in [2.05, 4.69) is 4.98 Å². The van der Waals surface area contributed by atoms with Crippen LogP contribution in [0.5, 0.6) is 0 Å². The van der Waals surface area contributed by atoms with Gasteiger partial charge in [-0.1, -0.05) is 52.8 Å². The Bertz CT molecular complexity index is 1130. The molecule has 4 rings (SSSR count). The molecule has 2 heterocycles. The van der Waals surface area contributed by atoms with E-state index in [-0.39, 0.29) is 11.6 Å². The van der Waals surface area contributed by atoms with E-state index in [1.807, 2.05) is 19.1 Å². The number of imidazole rings is 1. The van der Waals surface area contributed by atoms with E-state index in [1.54, 1.807) is 47.0 Å². The Morgan fingerprint density at radius 1 is 0.962 bits per heavy atom. The molecule has 0 fully saturated rings. The molecule has 26 heavy (non-hydrogen) atoms. The minimum atomic E-state index is -0.165. The van der Waals surface area contributed by atoms with Gasteiger partial charge >= 0.3 is 0 Å². The smallest absolute Gasteiger partial charge is 0.211 e. The van der Waals surface area contributed by atoms with Crippen molar-refractivity contribution in [3.8, 4) is 0 Å². The number of nitrogens with zero attached hydrogens (tertiary/aromatic N) is 2. The summed E-state index contributed by atoms with van der Waals surface area (Å²) in [6.45, 7) is 1.97. The fraction of sp³-hybridized carbons (Fsp3) is 0.0500. The van der Waals surface area contributed by atoms with Crippen molar-refractivity contribution >= 4 is 39.5 Å². The number of carbonyl (C=O) groups is 2. The maximum absolute atomic E-state index is 12.7. The number of benzene rings is 2. The molecule has 6 heteroatoms. The molecule has 0 aliphatic carbocycles. The van der Waals surface area contributed by atoms with E-state index in [0.717, 1.165) is 5.56 Å². The summed E-state index contributed by atoms with van der Waals surface area (Å²) in [7, 11) is 0. The third-order valence-corrected chi connectivity index (χ3v) is 5.33. The van der Waals surface area contributed by atoms with Crippen LogP contribution < -0.4 is 0 Å². The van der Waals surface area contributed by atoms with Gasteiger partial charge in [0.25, 0.3) is 0 Å². The monoisotopic (exact) mass is 380 g/mol. The van der Waals surface area contributed by atoms with Crippen LogP contribution in [-0.2, 0) is 0 Å². The normalized spacial score (nSPS) is 11.0. The molecule has 0 radical (unpaired) electrons. The quantitative estimate of drug-likeness (QED) is 0.477. The van der Waals surface area contributed by atoms with Gasteiger partial charge < -0.3 is 0 Å². The number of aromatic nitrogens is 2. The fourth-order valence-electron chi connectivity index (χ4n) is 2.66. The minimum absolute atomic E-state index is 0.0783. The highest BCUT2D eigenvalue weighted by Crippen LogP contribution is 2.23. The molecule has 128 valence electrons. The number of hydrogen-bond acceptors (Lipinski definition) is 4. The van der Waals surface area contributed by atoms with Crippen molar-refractivity contribution in [2.75, 3.05) is 0 Å². The van der Waals surface area contributed by atoms with Gasteiger partial charge in [-0.05, 0) is 31.2 Å². The van der Waals surface area contributed by atoms with Crippen LogP contribution in [0.15, 0.2) is 60.9 Å². The molecular weight excluding hydrogens is 368 g/mol. The van der Waals surface area contributed by atoms with Gasteiger partial charge in [-0.3, -0.25) is 14.0 Å². The van der Waals surface area contributed by atoms with E-state index in [0.29, 0.717) is 31.7 Å². The van der Waals surface area contributed by atoms with Gasteiger partial charge in [-0.25, -0.2) is 4.98 Å². The van der Waals surface area contributed by atoms with Crippen molar-refractivity contribution in [2.24, 2.45) is 0 Å². The van der Waals surface area contributed by atoms with Gasteiger partial charge in [0.15, 0.2) is 4.96 Å². The van der Waals surface area contributed by atoms with Gasteiger partial charge in [-0.2, -0.15) is 0 Å². The standard InChI is InChI=1S/C20H13ClN2O2S/c1-12-2-4-14(5-3-12)19(25)17-11-23-16(10-22-20(23)26-17)18(24)13-6-8-15(21)9-7-13/h2-11H,1H3. The fourth-order valence-corrected chi connectivity index (χ4v) is 3.70. The number of fused-ring (bicyclic) bond motifs is 1. The lowest BCUT2D eigenvalue weighted by Crippen LogP contribution is -2.04. The van der Waals surface area contributed by atoms with Gasteiger partial charge in [-0.15, -0.1) is 0 Å². The Hall–Kier alpha value is -2.76. The molecular formula is C20H13ClN2O2S. The molecule has 0 bridgehead atoms. The summed E-state index contributed by atoms with van der Waals surface area (Å²) in [5.41, 5.74) is 2.65. The van der Waals surface area contributed by atoms with E-state index < -0.39 is 0 Å². The van der Waals surface area contributed by atoms with Crippen LogP contribution in [0.2, 0.25) is 5.02 Å². The maximum atomic E-state index is 12.7. The molecule has 0 saturated carbocycles. The van der Waals surface area contributed by atoms with Crippen LogP contribution in [-0.4, -0.2) is 21.0 Å². The highest BCUT2D eigenvalue weighted by atomic mass is 35.5. The summed E-state index contributed by atoms with van der Waals surface area (Å²) in [6.07, 6.45) is 3.21. The molecule has 0 aliphatic rings. The summed E-state index contributed by atoms with van der Waals surface area (Å²) < 4.78 is 1.67. The van der Waals surface area contributed by atoms with Crippen LogP contribution in [0.3, 0.4) is 0 Å². The second-order valence-corrected chi connectivity index (χ2v) is 7.37. The first-order chi connectivity index (χ1) is 12.5. The Kier molecular flexibility index (Phi) is 4.18. The van der Waals surface area contributed by atoms with Crippen molar-refractivity contribution in [2.45, 2.75) is 6.92 Å². The number of hydrogen-bond donors (Lipinski definition) is 0. The lowest BCUT2D eigenvalue weighted by atomic mass is 10.1. The number of halogens is 1. The summed E-state index contributed by atoms with van der Waals surface area (Å²) >= 11 is 7.15. The number of rotatable bonds is 4. The first kappa shape index (κ1) is 16.7. The Morgan fingerprint density at radius 2 is 1.58 bits per heavy atom. The highest BCUT2D eigenvalue weighted by Gasteiger charge is 2.19. The summed E-state index contributed by atoms with van der Waals surface area (Å²) in [5, 5.41) is 0.571. The Morgan fingerprint density at radius 3 is 2.27 bits per heavy atom. The van der Waals surface area contributed by atoms with Gasteiger partial charge in [0.05, 0.1) is 11.1 Å². The van der Waals surface area contributed by atoms with Crippen molar-refractivity contribution in [1.82, 2.24) is 9.38 Å². The molecule has 2 aromatic heterocycles. The van der Waals surface area contributed by atoms with Crippen LogP contribution in [0.4, 0.5) is 0 Å². The van der Waals surface area contributed by atoms with Crippen LogP contribution in [0.1, 0.15) is 36.9 Å². The molecule has 4 nitrogen and oxygen atoms in total. The molecule has 0 N–H and O–H groups in total. The first-order valence-corrected chi connectivity index (χ1v) is 9.11. The van der Waals surface area contributed by atoms with Crippen LogP contribution in [0, 0.1) is 6.92 Å². The number of ketones is 2. The summed E-state index contributed by atoms with van der Waals surface area (Å²) in [4.78, 5) is 30.8. The van der Waals surface area contributed by atoms with E-state index in [1.165, 1.54) is 17.5 Å². The van der Waals surface area contributed by atoms with Crippen molar-refractivity contribution in [3.63, 3.8) is 0 Å². The summed E-state index contributed by atoms with van der Waals surface area (Å²) in [6, 6.07) is 14.1. The lowest BCUT2D eigenvalue weighted by Gasteiger charge is -2.00. The molecule has 0 atom stereocenters. The maximum Gasteiger partial charge on any atom is 0.211 e. The third kappa shape index (κ3) is 2.96. The SMILES string of the molecule is Cc1ccc(C(=O)c2cn3c(C(=O)c4ccc(Cl)cc4)cnc3s2)cc1. The third-order valence-electron chi connectivity index (χ3n) is 4.09. The molecule has 0 saturated heterocycles. The zero-order valence-electron chi connectivity index (χ0n) is 13.8. The predicted molar refractivity (Wildman–Crippen MR) is 103 cm³/mol. The van der Waals surface area contributed by atoms with Crippen LogP contribution in [0.25, 0.3) is 4.96 Å². The lowest BCUT2D eigenvalue weighted by molar-refractivity contribution is 0.102. The minimum Gasteiger partial charge on any atom is -0.288 e. The zero-order chi connectivity index (χ0) is 18.3. The Balaban J connectivity index is 1.71. The average molecular weight is 381 g/mol. The first-order valence-electron chi connectivity index (χ1n) is 7.91. The van der Waals surface area contributed by atoms with Gasteiger partial charge in [0.1, 0.15) is 5.69 Å². The topological polar surface area (TPSA) is 51.4 Å². The van der Waals surface area contributed by atoms with Crippen molar-refractivity contribution in [1.29, 1.82) is 0 Å². The Labute approximate surface area is 158 Å². The second-order valence-electron chi connectivity index (χ2n) is 5.92. The average Bonchev–Trinajstić information content (AvgIpc) is 3.22. The van der Waals surface area contributed by atoms with Crippen LogP contribution >= 0.6 is 22.9 Å². The van der Waals surface area contributed by atoms with Gasteiger partial charge in [0.2, 0.25) is 11.6 Å².